The molecule has 1 saturated heterocycles. The monoisotopic (exact) mass is 204 g/mol. The highest BCUT2D eigenvalue weighted by Gasteiger charge is 2.11. The predicted octanol–water partition coefficient (Wildman–Crippen LogP) is 0.332. The van der Waals surface area contributed by atoms with Crippen LogP contribution in [0, 0.1) is 0 Å². The maximum Gasteiger partial charge on any atom is 0.170 e. The van der Waals surface area contributed by atoms with Crippen LogP contribution in [0.1, 0.15) is 6.92 Å². The molecule has 0 saturated carbocycles. The summed E-state index contributed by atoms with van der Waals surface area (Å²) in [6.45, 7) is 3.30. The Morgan fingerprint density at radius 3 is 2.40 bits per heavy atom. The summed E-state index contributed by atoms with van der Waals surface area (Å²) in [5, 5.41) is 6.08. The lowest BCUT2D eigenvalue weighted by molar-refractivity contribution is -0.112. The highest BCUT2D eigenvalue weighted by molar-refractivity contribution is 9.12. The summed E-state index contributed by atoms with van der Waals surface area (Å²) in [4.78, 5) is 10.7. The van der Waals surface area contributed by atoms with Crippen molar-refractivity contribution in [3.8, 4) is 0 Å². The largest absolute Gasteiger partial charge is 0.369 e. The van der Waals surface area contributed by atoms with E-state index in [1.807, 2.05) is 0 Å². The van der Waals surface area contributed by atoms with Gasteiger partial charge in [0.15, 0.2) is 5.78 Å². The Morgan fingerprint density at radius 2 is 2.00 bits per heavy atom. The molecule has 0 aromatic heterocycles. The summed E-state index contributed by atoms with van der Waals surface area (Å²) in [5.41, 5.74) is 0. The third-order valence-electron chi connectivity index (χ3n) is 1.26. The zero-order chi connectivity index (χ0) is 7.56. The Kier molecular flexibility index (Phi) is 2.32. The predicted molar refractivity (Wildman–Crippen MR) is 42.6 cm³/mol. The molecule has 4 heteroatoms. The molecule has 0 bridgehead atoms. The third-order valence-corrected chi connectivity index (χ3v) is 2.21. The fraction of sp³-hybridized carbons (Fsp3) is 0.500. The van der Waals surface area contributed by atoms with Crippen molar-refractivity contribution in [2.75, 3.05) is 13.1 Å². The van der Waals surface area contributed by atoms with Crippen LogP contribution in [-0.2, 0) is 4.79 Å². The second kappa shape index (κ2) is 3.05. The van der Waals surface area contributed by atoms with E-state index in [4.69, 9.17) is 0 Å². The summed E-state index contributed by atoms with van der Waals surface area (Å²) in [5.74, 6) is 0.851. The normalized spacial score (nSPS) is 16.0. The Bertz CT molecular complexity index is 180. The molecule has 0 aromatic carbocycles. The summed E-state index contributed by atoms with van der Waals surface area (Å²) >= 11 is 3.17. The number of halogens is 1. The van der Waals surface area contributed by atoms with Gasteiger partial charge >= 0.3 is 0 Å². The minimum Gasteiger partial charge on any atom is -0.369 e. The van der Waals surface area contributed by atoms with Crippen molar-refractivity contribution in [2.24, 2.45) is 0 Å². The van der Waals surface area contributed by atoms with E-state index in [2.05, 4.69) is 26.6 Å². The average Bonchev–Trinajstić information content (AvgIpc) is 2.36. The molecule has 0 aromatic rings. The summed E-state index contributed by atoms with van der Waals surface area (Å²) in [6.07, 6.45) is 0. The quantitative estimate of drug-likeness (QED) is 0.606. The molecule has 3 nitrogen and oxygen atoms in total. The fourth-order valence-corrected chi connectivity index (χ4v) is 1.05. The first-order chi connectivity index (χ1) is 4.72. The van der Waals surface area contributed by atoms with Gasteiger partial charge in [0.2, 0.25) is 0 Å². The molecule has 2 N–H and O–H groups in total. The molecule has 1 aliphatic rings. The second-order valence-electron chi connectivity index (χ2n) is 2.10. The van der Waals surface area contributed by atoms with Crippen LogP contribution < -0.4 is 10.6 Å². The standard InChI is InChI=1S/C6H9BrN2O/c1-4(10)5(7)6-8-2-3-9-6/h8-9H,2-3H2,1H3. The first-order valence-electron chi connectivity index (χ1n) is 3.10. The minimum absolute atomic E-state index is 0.0388. The number of rotatable bonds is 1. The maximum atomic E-state index is 10.7. The molecule has 56 valence electrons. The van der Waals surface area contributed by atoms with Crippen molar-refractivity contribution in [3.63, 3.8) is 0 Å². The van der Waals surface area contributed by atoms with Crippen LogP contribution in [0.2, 0.25) is 0 Å². The smallest absolute Gasteiger partial charge is 0.170 e. The van der Waals surface area contributed by atoms with E-state index >= 15 is 0 Å². The van der Waals surface area contributed by atoms with Gasteiger partial charge in [-0.05, 0) is 22.9 Å². The lowest BCUT2D eigenvalue weighted by Gasteiger charge is -2.00. The van der Waals surface area contributed by atoms with Crippen LogP contribution in [0.5, 0.6) is 0 Å². The molecular weight excluding hydrogens is 196 g/mol. The van der Waals surface area contributed by atoms with Gasteiger partial charge in [-0.2, -0.15) is 0 Å². The molecule has 0 unspecified atom stereocenters. The van der Waals surface area contributed by atoms with Gasteiger partial charge in [0.1, 0.15) is 10.3 Å². The van der Waals surface area contributed by atoms with Gasteiger partial charge in [-0.25, -0.2) is 0 Å². The molecule has 1 fully saturated rings. The Balaban J connectivity index is 2.73. The van der Waals surface area contributed by atoms with Crippen molar-refractivity contribution in [3.05, 3.63) is 10.3 Å². The summed E-state index contributed by atoms with van der Waals surface area (Å²) in [7, 11) is 0. The van der Waals surface area contributed by atoms with Gasteiger partial charge in [0, 0.05) is 13.1 Å². The lowest BCUT2D eigenvalue weighted by atomic mass is 10.4. The molecular formula is C6H9BrN2O. The number of nitrogens with one attached hydrogen (secondary N) is 2. The molecule has 0 atom stereocenters. The van der Waals surface area contributed by atoms with E-state index in [0.29, 0.717) is 4.48 Å². The van der Waals surface area contributed by atoms with E-state index in [0.717, 1.165) is 18.9 Å². The number of carbonyl (C=O) groups is 1. The van der Waals surface area contributed by atoms with Crippen LogP contribution in [0.3, 0.4) is 0 Å². The van der Waals surface area contributed by atoms with Crippen LogP contribution in [-0.4, -0.2) is 18.9 Å². The minimum atomic E-state index is 0.0388. The van der Waals surface area contributed by atoms with Gasteiger partial charge in [-0.15, -0.1) is 0 Å². The van der Waals surface area contributed by atoms with Crippen molar-refractivity contribution in [1.29, 1.82) is 0 Å². The number of hydrogen-bond donors (Lipinski definition) is 2. The topological polar surface area (TPSA) is 41.1 Å². The molecule has 0 spiro atoms. The van der Waals surface area contributed by atoms with Gasteiger partial charge in [-0.3, -0.25) is 4.79 Å². The van der Waals surface area contributed by atoms with Gasteiger partial charge in [0.25, 0.3) is 0 Å². The number of allylic oxidation sites excluding steroid dienone is 1. The van der Waals surface area contributed by atoms with Gasteiger partial charge in [0.05, 0.1) is 0 Å². The zero-order valence-electron chi connectivity index (χ0n) is 5.70. The van der Waals surface area contributed by atoms with E-state index in [-0.39, 0.29) is 5.78 Å². The SMILES string of the molecule is CC(=O)C(Br)=C1NCCN1. The van der Waals surface area contributed by atoms with E-state index < -0.39 is 0 Å². The number of hydrogen-bond acceptors (Lipinski definition) is 3. The van der Waals surface area contributed by atoms with Gasteiger partial charge in [-0.1, -0.05) is 0 Å². The number of carbonyl (C=O) groups excluding carboxylic acids is 1. The molecule has 10 heavy (non-hydrogen) atoms. The lowest BCUT2D eigenvalue weighted by Crippen LogP contribution is -2.14. The van der Waals surface area contributed by atoms with Crippen LogP contribution in [0.15, 0.2) is 10.3 Å². The summed E-state index contributed by atoms with van der Waals surface area (Å²) in [6, 6.07) is 0. The first kappa shape index (κ1) is 7.60. The third kappa shape index (κ3) is 1.50. The van der Waals surface area contributed by atoms with Crippen molar-refractivity contribution in [2.45, 2.75) is 6.92 Å². The second-order valence-corrected chi connectivity index (χ2v) is 2.89. The van der Waals surface area contributed by atoms with Crippen molar-refractivity contribution in [1.82, 2.24) is 10.6 Å². The van der Waals surface area contributed by atoms with Crippen LogP contribution >= 0.6 is 15.9 Å². The molecule has 0 radical (unpaired) electrons. The van der Waals surface area contributed by atoms with Gasteiger partial charge < -0.3 is 10.6 Å². The highest BCUT2D eigenvalue weighted by atomic mass is 79.9. The molecule has 0 aliphatic carbocycles. The zero-order valence-corrected chi connectivity index (χ0v) is 7.29. The van der Waals surface area contributed by atoms with Crippen molar-refractivity contribution < 1.29 is 4.79 Å². The molecule has 1 heterocycles. The van der Waals surface area contributed by atoms with E-state index in [9.17, 15) is 4.79 Å². The highest BCUT2D eigenvalue weighted by Crippen LogP contribution is 2.10. The number of Topliss-reactive ketones (excluding diaryl/α,β-unsaturated/α-hetero) is 1. The van der Waals surface area contributed by atoms with E-state index in [1.54, 1.807) is 0 Å². The van der Waals surface area contributed by atoms with Crippen LogP contribution in [0.4, 0.5) is 0 Å². The van der Waals surface area contributed by atoms with Crippen LogP contribution in [0.25, 0.3) is 0 Å². The fourth-order valence-electron chi connectivity index (χ4n) is 0.769. The number of ketones is 1. The maximum absolute atomic E-state index is 10.7. The molecule has 1 aliphatic heterocycles. The Hall–Kier alpha value is -0.510. The summed E-state index contributed by atoms with van der Waals surface area (Å²) < 4.78 is 0.602. The van der Waals surface area contributed by atoms with Crippen molar-refractivity contribution >= 4 is 21.7 Å². The molecule has 1 rings (SSSR count). The first-order valence-corrected chi connectivity index (χ1v) is 3.89. The average molecular weight is 205 g/mol. The Labute approximate surface area is 68.0 Å². The Morgan fingerprint density at radius 1 is 1.50 bits per heavy atom. The molecule has 0 amide bonds. The van der Waals surface area contributed by atoms with E-state index in [1.165, 1.54) is 6.92 Å².